The Labute approximate surface area is 235 Å². The molecule has 2 aromatic carbocycles. The summed E-state index contributed by atoms with van der Waals surface area (Å²) in [6.45, 7) is 2.91. The molecule has 0 bridgehead atoms. The van der Waals surface area contributed by atoms with Crippen molar-refractivity contribution >= 4 is 17.8 Å². The average molecular weight is 555 g/mol. The molecule has 0 unspecified atom stereocenters. The van der Waals surface area contributed by atoms with Gasteiger partial charge in [-0.25, -0.2) is 4.39 Å². The fraction of sp³-hybridized carbons (Fsp3) is 0.516. The molecule has 216 valence electrons. The highest BCUT2D eigenvalue weighted by molar-refractivity contribution is 5.94. The smallest absolute Gasteiger partial charge is 0.308 e. The van der Waals surface area contributed by atoms with Crippen molar-refractivity contribution in [1.82, 2.24) is 10.6 Å². The summed E-state index contributed by atoms with van der Waals surface area (Å²) in [6, 6.07) is 13.0. The van der Waals surface area contributed by atoms with Crippen LogP contribution >= 0.6 is 0 Å². The van der Waals surface area contributed by atoms with Gasteiger partial charge in [-0.05, 0) is 107 Å². The van der Waals surface area contributed by atoms with Crippen molar-refractivity contribution in [2.24, 2.45) is 11.8 Å². The maximum atomic E-state index is 13.1. The predicted molar refractivity (Wildman–Crippen MR) is 148 cm³/mol. The Balaban J connectivity index is 1.09. The van der Waals surface area contributed by atoms with Gasteiger partial charge >= 0.3 is 5.97 Å². The molecule has 0 atom stereocenters. The summed E-state index contributed by atoms with van der Waals surface area (Å²) in [5.74, 6) is 0.587. The van der Waals surface area contributed by atoms with Crippen LogP contribution in [0.5, 0.6) is 11.5 Å². The van der Waals surface area contributed by atoms with Gasteiger partial charge in [0.25, 0.3) is 5.91 Å². The van der Waals surface area contributed by atoms with E-state index < -0.39 is 0 Å². The van der Waals surface area contributed by atoms with Gasteiger partial charge in [0.05, 0.1) is 24.7 Å². The van der Waals surface area contributed by atoms with Crippen LogP contribution in [0.3, 0.4) is 0 Å². The number of nitrogens with one attached hydrogen (secondary N) is 2. The molecule has 0 aliphatic heterocycles. The number of benzene rings is 2. The molecule has 0 aromatic heterocycles. The molecule has 2 aliphatic rings. The van der Waals surface area contributed by atoms with E-state index in [-0.39, 0.29) is 47.6 Å². The number of hydrogen-bond donors (Lipinski definition) is 2. The second-order valence-corrected chi connectivity index (χ2v) is 10.5. The van der Waals surface area contributed by atoms with Crippen molar-refractivity contribution in [2.75, 3.05) is 19.7 Å². The highest BCUT2D eigenvalue weighted by Gasteiger charge is 2.29. The van der Waals surface area contributed by atoms with Crippen molar-refractivity contribution in [1.29, 1.82) is 0 Å². The van der Waals surface area contributed by atoms with Gasteiger partial charge < -0.3 is 24.8 Å². The number of esters is 1. The van der Waals surface area contributed by atoms with E-state index in [2.05, 4.69) is 10.6 Å². The molecule has 0 saturated heterocycles. The lowest BCUT2D eigenvalue weighted by atomic mass is 9.86. The molecule has 9 heteroatoms. The van der Waals surface area contributed by atoms with E-state index in [1.165, 1.54) is 12.1 Å². The van der Waals surface area contributed by atoms with Gasteiger partial charge in [-0.1, -0.05) is 0 Å². The monoisotopic (exact) mass is 554 g/mol. The summed E-state index contributed by atoms with van der Waals surface area (Å²) in [7, 11) is 0. The molecule has 0 radical (unpaired) electrons. The van der Waals surface area contributed by atoms with Crippen LogP contribution in [0.25, 0.3) is 0 Å². The molecule has 8 nitrogen and oxygen atoms in total. The fourth-order valence-electron chi connectivity index (χ4n) is 5.31. The predicted octanol–water partition coefficient (Wildman–Crippen LogP) is 4.81. The summed E-state index contributed by atoms with van der Waals surface area (Å²) in [5.41, 5.74) is 0.518. The topological polar surface area (TPSA) is 103 Å². The minimum atomic E-state index is -0.296. The van der Waals surface area contributed by atoms with E-state index >= 15 is 0 Å². The van der Waals surface area contributed by atoms with E-state index in [0.29, 0.717) is 36.8 Å². The van der Waals surface area contributed by atoms with Crippen molar-refractivity contribution in [3.05, 3.63) is 59.9 Å². The van der Waals surface area contributed by atoms with Gasteiger partial charge in [-0.3, -0.25) is 14.4 Å². The molecule has 0 heterocycles. The SMILES string of the molecule is CCOC(=O)[C@H]1CC[C@@H](Oc2ccc(C(=O)NCCNC(=O)[C@H]3CC[C@H](Oc4ccc(F)cc4)CC3)cc2)CC1. The van der Waals surface area contributed by atoms with E-state index in [0.717, 1.165) is 51.4 Å². The molecule has 4 rings (SSSR count). The molecular weight excluding hydrogens is 515 g/mol. The summed E-state index contributed by atoms with van der Waals surface area (Å²) < 4.78 is 30.1. The first-order valence-corrected chi connectivity index (χ1v) is 14.3. The van der Waals surface area contributed by atoms with Crippen LogP contribution < -0.4 is 20.1 Å². The highest BCUT2D eigenvalue weighted by Crippen LogP contribution is 2.29. The molecule has 0 spiro atoms. The molecule has 2 aromatic rings. The Kier molecular flexibility index (Phi) is 10.8. The molecule has 2 N–H and O–H groups in total. The third kappa shape index (κ3) is 8.69. The Hall–Kier alpha value is -3.62. The summed E-state index contributed by atoms with van der Waals surface area (Å²) in [6.07, 6.45) is 6.16. The van der Waals surface area contributed by atoms with E-state index in [9.17, 15) is 18.8 Å². The standard InChI is InChI=1S/C31H39FN2O6/c1-2-38-31(37)23-7-15-27(16-8-23)39-25-11-3-21(4-12-25)29(35)33-19-20-34-30(36)22-5-13-26(14-6-22)40-28-17-9-24(32)10-18-28/h3-4,9-12,17-18,22-23,26-27H,2,5-8,13-16,19-20H2,1H3,(H,33,35)(H,34,36)/t22-,23-,26-,27+. The number of rotatable bonds is 11. The fourth-order valence-corrected chi connectivity index (χ4v) is 5.31. The molecular formula is C31H39FN2O6. The van der Waals surface area contributed by atoms with Gasteiger partial charge in [0.15, 0.2) is 0 Å². The maximum Gasteiger partial charge on any atom is 0.308 e. The molecule has 2 aliphatic carbocycles. The molecule has 2 saturated carbocycles. The zero-order chi connectivity index (χ0) is 28.3. The van der Waals surface area contributed by atoms with Crippen molar-refractivity contribution in [3.63, 3.8) is 0 Å². The Morgan fingerprint density at radius 1 is 0.725 bits per heavy atom. The minimum absolute atomic E-state index is 0.00716. The third-order valence-electron chi connectivity index (χ3n) is 7.58. The first-order chi connectivity index (χ1) is 19.4. The third-order valence-corrected chi connectivity index (χ3v) is 7.58. The molecule has 2 fully saturated rings. The quantitative estimate of drug-likeness (QED) is 0.305. The van der Waals surface area contributed by atoms with E-state index in [4.69, 9.17) is 14.2 Å². The average Bonchev–Trinajstić information content (AvgIpc) is 2.97. The zero-order valence-corrected chi connectivity index (χ0v) is 23.0. The van der Waals surface area contributed by atoms with Crippen LogP contribution in [0, 0.1) is 17.7 Å². The van der Waals surface area contributed by atoms with Gasteiger partial charge in [0.2, 0.25) is 5.91 Å². The first-order valence-electron chi connectivity index (χ1n) is 14.3. The van der Waals surface area contributed by atoms with Gasteiger partial charge in [0, 0.05) is 24.6 Å². The van der Waals surface area contributed by atoms with Crippen LogP contribution in [0.2, 0.25) is 0 Å². The highest BCUT2D eigenvalue weighted by atomic mass is 19.1. The summed E-state index contributed by atoms with van der Waals surface area (Å²) in [5, 5.41) is 5.75. The van der Waals surface area contributed by atoms with Crippen molar-refractivity contribution in [3.8, 4) is 11.5 Å². The number of amides is 2. The van der Waals surface area contributed by atoms with Crippen molar-refractivity contribution < 1.29 is 33.0 Å². The van der Waals surface area contributed by atoms with Crippen LogP contribution in [-0.4, -0.2) is 49.7 Å². The first kappa shape index (κ1) is 29.4. The number of carbonyl (C=O) groups is 3. The van der Waals surface area contributed by atoms with Crippen LogP contribution in [0.15, 0.2) is 48.5 Å². The Morgan fingerprint density at radius 2 is 1.23 bits per heavy atom. The van der Waals surface area contributed by atoms with E-state index in [1.54, 1.807) is 36.4 Å². The number of halogens is 1. The van der Waals surface area contributed by atoms with Crippen molar-refractivity contribution in [2.45, 2.75) is 70.5 Å². The number of carbonyl (C=O) groups excluding carboxylic acids is 3. The maximum absolute atomic E-state index is 13.1. The lowest BCUT2D eigenvalue weighted by Gasteiger charge is -2.28. The van der Waals surface area contributed by atoms with Crippen LogP contribution in [0.1, 0.15) is 68.6 Å². The largest absolute Gasteiger partial charge is 0.490 e. The van der Waals surface area contributed by atoms with Gasteiger partial charge in [0.1, 0.15) is 17.3 Å². The normalized spacial score (nSPS) is 22.6. The Morgan fingerprint density at radius 3 is 1.77 bits per heavy atom. The lowest BCUT2D eigenvalue weighted by Crippen LogP contribution is -2.39. The molecule has 40 heavy (non-hydrogen) atoms. The molecule has 2 amide bonds. The Bertz CT molecular complexity index is 1110. The van der Waals surface area contributed by atoms with Crippen LogP contribution in [-0.2, 0) is 14.3 Å². The zero-order valence-electron chi connectivity index (χ0n) is 23.0. The summed E-state index contributed by atoms with van der Waals surface area (Å²) in [4.78, 5) is 37.0. The van der Waals surface area contributed by atoms with Gasteiger partial charge in [-0.15, -0.1) is 0 Å². The second kappa shape index (κ2) is 14.7. The second-order valence-electron chi connectivity index (χ2n) is 10.5. The lowest BCUT2D eigenvalue weighted by molar-refractivity contribution is -0.149. The van der Waals surface area contributed by atoms with E-state index in [1.807, 2.05) is 6.92 Å². The van der Waals surface area contributed by atoms with Crippen LogP contribution in [0.4, 0.5) is 4.39 Å². The number of hydrogen-bond acceptors (Lipinski definition) is 6. The minimum Gasteiger partial charge on any atom is -0.490 e. The number of ether oxygens (including phenoxy) is 3. The summed E-state index contributed by atoms with van der Waals surface area (Å²) >= 11 is 0. The van der Waals surface area contributed by atoms with Gasteiger partial charge in [-0.2, -0.15) is 0 Å².